The summed E-state index contributed by atoms with van der Waals surface area (Å²) in [5.74, 6) is 1.02. The van der Waals surface area contributed by atoms with Crippen molar-refractivity contribution in [2.45, 2.75) is 33.2 Å². The van der Waals surface area contributed by atoms with Crippen LogP contribution in [0.25, 0.3) is 5.65 Å². The van der Waals surface area contributed by atoms with Crippen molar-refractivity contribution in [3.63, 3.8) is 0 Å². The van der Waals surface area contributed by atoms with Crippen molar-refractivity contribution in [1.29, 1.82) is 0 Å². The van der Waals surface area contributed by atoms with Gasteiger partial charge in [0.25, 0.3) is 0 Å². The van der Waals surface area contributed by atoms with Gasteiger partial charge in [0, 0.05) is 31.5 Å². The van der Waals surface area contributed by atoms with Crippen LogP contribution >= 0.6 is 0 Å². The van der Waals surface area contributed by atoms with Crippen LogP contribution in [-0.2, 0) is 6.54 Å². The Bertz CT molecular complexity index is 637. The Labute approximate surface area is 125 Å². The van der Waals surface area contributed by atoms with Crippen LogP contribution in [0.1, 0.15) is 31.2 Å². The number of hydrogen-bond acceptors (Lipinski definition) is 2. The number of hydrogen-bond donors (Lipinski definition) is 1. The maximum atomic E-state index is 4.75. The molecule has 3 rings (SSSR count). The molecule has 5 heteroatoms. The van der Waals surface area contributed by atoms with Crippen LogP contribution in [0.4, 0.5) is 0 Å². The zero-order valence-corrected chi connectivity index (χ0v) is 12.8. The van der Waals surface area contributed by atoms with E-state index in [1.807, 2.05) is 12.1 Å². The second kappa shape index (κ2) is 6.16. The van der Waals surface area contributed by atoms with E-state index in [-0.39, 0.29) is 0 Å². The first-order chi connectivity index (χ1) is 10.3. The van der Waals surface area contributed by atoms with E-state index in [0.29, 0.717) is 6.54 Å². The molecule has 1 fully saturated rings. The zero-order chi connectivity index (χ0) is 14.7. The number of aryl methyl sites for hydroxylation is 1. The monoisotopic (exact) mass is 285 g/mol. The summed E-state index contributed by atoms with van der Waals surface area (Å²) in [5, 5.41) is 3.38. The average Bonchev–Trinajstić information content (AvgIpc) is 3.13. The summed E-state index contributed by atoms with van der Waals surface area (Å²) < 4.78 is 2.12. The van der Waals surface area contributed by atoms with Crippen molar-refractivity contribution in [1.82, 2.24) is 19.6 Å². The highest BCUT2D eigenvalue weighted by atomic mass is 15.3. The van der Waals surface area contributed by atoms with Crippen LogP contribution in [0.2, 0.25) is 0 Å². The molecule has 0 amide bonds. The van der Waals surface area contributed by atoms with Gasteiger partial charge in [-0.3, -0.25) is 0 Å². The van der Waals surface area contributed by atoms with E-state index >= 15 is 0 Å². The number of nitrogens with zero attached hydrogens (tertiary/aromatic N) is 4. The molecule has 0 saturated carbocycles. The number of nitrogens with one attached hydrogen (secondary N) is 1. The Hall–Kier alpha value is -2.04. The van der Waals surface area contributed by atoms with Gasteiger partial charge in [0.1, 0.15) is 5.65 Å². The van der Waals surface area contributed by atoms with Crippen molar-refractivity contribution in [3.05, 3.63) is 35.8 Å². The van der Waals surface area contributed by atoms with E-state index in [1.165, 1.54) is 18.5 Å². The van der Waals surface area contributed by atoms with E-state index in [9.17, 15) is 0 Å². The molecule has 0 spiro atoms. The van der Waals surface area contributed by atoms with E-state index in [0.717, 1.165) is 36.9 Å². The maximum absolute atomic E-state index is 4.75. The van der Waals surface area contributed by atoms with Crippen molar-refractivity contribution in [3.8, 4) is 0 Å². The molecular formula is C16H23N5. The van der Waals surface area contributed by atoms with Gasteiger partial charge < -0.3 is 14.6 Å². The fourth-order valence-electron chi connectivity index (χ4n) is 2.79. The van der Waals surface area contributed by atoms with Crippen LogP contribution in [0.3, 0.4) is 0 Å². The Kier molecular flexibility index (Phi) is 4.08. The maximum Gasteiger partial charge on any atom is 0.194 e. The Balaban J connectivity index is 1.79. The van der Waals surface area contributed by atoms with E-state index in [4.69, 9.17) is 4.99 Å². The molecule has 1 aliphatic heterocycles. The summed E-state index contributed by atoms with van der Waals surface area (Å²) in [6.45, 7) is 7.95. The Morgan fingerprint density at radius 2 is 2.14 bits per heavy atom. The summed E-state index contributed by atoms with van der Waals surface area (Å²) >= 11 is 0. The average molecular weight is 285 g/mol. The minimum atomic E-state index is 0.625. The lowest BCUT2D eigenvalue weighted by atomic mass is 10.4. The van der Waals surface area contributed by atoms with Gasteiger partial charge in [0.15, 0.2) is 5.96 Å². The number of aliphatic imine (C=N–C) groups is 1. The molecular weight excluding hydrogens is 262 g/mol. The number of fused-ring (bicyclic) bond motifs is 1. The minimum absolute atomic E-state index is 0.625. The van der Waals surface area contributed by atoms with Crippen molar-refractivity contribution >= 4 is 11.6 Å². The van der Waals surface area contributed by atoms with Crippen molar-refractivity contribution in [2.75, 3.05) is 19.6 Å². The Morgan fingerprint density at radius 1 is 1.33 bits per heavy atom. The van der Waals surface area contributed by atoms with Gasteiger partial charge in [-0.2, -0.15) is 0 Å². The predicted molar refractivity (Wildman–Crippen MR) is 85.6 cm³/mol. The number of likely N-dealkylation sites (tertiary alicyclic amines) is 1. The van der Waals surface area contributed by atoms with E-state index in [2.05, 4.69) is 45.7 Å². The second-order valence-corrected chi connectivity index (χ2v) is 5.49. The van der Waals surface area contributed by atoms with Gasteiger partial charge in [-0.25, -0.2) is 9.98 Å². The molecule has 0 aromatic carbocycles. The molecule has 1 aliphatic rings. The molecule has 1 saturated heterocycles. The summed E-state index contributed by atoms with van der Waals surface area (Å²) in [4.78, 5) is 11.7. The molecule has 2 aromatic heterocycles. The first-order valence-corrected chi connectivity index (χ1v) is 7.75. The topological polar surface area (TPSA) is 44.9 Å². The number of guanidine groups is 1. The third kappa shape index (κ3) is 3.01. The van der Waals surface area contributed by atoms with Crippen LogP contribution < -0.4 is 5.32 Å². The smallest absolute Gasteiger partial charge is 0.194 e. The molecule has 21 heavy (non-hydrogen) atoms. The molecule has 2 aromatic rings. The van der Waals surface area contributed by atoms with E-state index < -0.39 is 0 Å². The summed E-state index contributed by atoms with van der Waals surface area (Å²) in [6.07, 6.45) is 4.61. The van der Waals surface area contributed by atoms with Crippen molar-refractivity contribution < 1.29 is 0 Å². The third-order valence-corrected chi connectivity index (χ3v) is 3.88. The number of pyridine rings is 1. The zero-order valence-electron chi connectivity index (χ0n) is 12.8. The molecule has 0 aliphatic carbocycles. The lowest BCUT2D eigenvalue weighted by Crippen LogP contribution is -2.39. The molecule has 0 bridgehead atoms. The summed E-state index contributed by atoms with van der Waals surface area (Å²) in [5.41, 5.74) is 3.20. The molecule has 3 heterocycles. The second-order valence-electron chi connectivity index (χ2n) is 5.49. The van der Waals surface area contributed by atoms with E-state index in [1.54, 1.807) is 0 Å². The number of imidazole rings is 1. The van der Waals surface area contributed by atoms with Gasteiger partial charge in [0.05, 0.1) is 12.2 Å². The SMILES string of the molecule is CCNC(=NCc1cn2c(C)cccc2n1)N1CCCC1. The molecule has 5 nitrogen and oxygen atoms in total. The summed E-state index contributed by atoms with van der Waals surface area (Å²) in [6, 6.07) is 6.17. The fraction of sp³-hybridized carbons (Fsp3) is 0.500. The first kappa shape index (κ1) is 13.9. The molecule has 112 valence electrons. The lowest BCUT2D eigenvalue weighted by Gasteiger charge is -2.20. The van der Waals surface area contributed by atoms with Crippen LogP contribution in [-0.4, -0.2) is 39.9 Å². The number of aromatic nitrogens is 2. The third-order valence-electron chi connectivity index (χ3n) is 3.88. The standard InChI is InChI=1S/C16H23N5/c1-3-17-16(20-9-4-5-10-20)18-11-14-12-21-13(2)7-6-8-15(21)19-14/h6-8,12H,3-5,9-11H2,1-2H3,(H,17,18). The Morgan fingerprint density at radius 3 is 2.86 bits per heavy atom. The highest BCUT2D eigenvalue weighted by molar-refractivity contribution is 5.80. The largest absolute Gasteiger partial charge is 0.357 e. The molecule has 0 unspecified atom stereocenters. The lowest BCUT2D eigenvalue weighted by molar-refractivity contribution is 0.493. The molecule has 0 atom stereocenters. The van der Waals surface area contributed by atoms with Gasteiger partial charge in [-0.15, -0.1) is 0 Å². The minimum Gasteiger partial charge on any atom is -0.357 e. The predicted octanol–water partition coefficient (Wildman–Crippen LogP) is 2.20. The van der Waals surface area contributed by atoms with Crippen LogP contribution in [0, 0.1) is 6.92 Å². The highest BCUT2D eigenvalue weighted by Crippen LogP contribution is 2.11. The first-order valence-electron chi connectivity index (χ1n) is 7.75. The quantitative estimate of drug-likeness (QED) is 0.694. The van der Waals surface area contributed by atoms with Gasteiger partial charge in [-0.05, 0) is 38.8 Å². The molecule has 1 N–H and O–H groups in total. The van der Waals surface area contributed by atoms with Gasteiger partial charge in [0.2, 0.25) is 0 Å². The van der Waals surface area contributed by atoms with Gasteiger partial charge >= 0.3 is 0 Å². The fourth-order valence-corrected chi connectivity index (χ4v) is 2.79. The normalized spacial score (nSPS) is 15.9. The van der Waals surface area contributed by atoms with Crippen molar-refractivity contribution in [2.24, 2.45) is 4.99 Å². The number of rotatable bonds is 3. The van der Waals surface area contributed by atoms with Crippen LogP contribution in [0.15, 0.2) is 29.4 Å². The summed E-state index contributed by atoms with van der Waals surface area (Å²) in [7, 11) is 0. The highest BCUT2D eigenvalue weighted by Gasteiger charge is 2.15. The van der Waals surface area contributed by atoms with Crippen LogP contribution in [0.5, 0.6) is 0 Å². The molecule has 0 radical (unpaired) electrons. The van der Waals surface area contributed by atoms with Gasteiger partial charge in [-0.1, -0.05) is 6.07 Å².